The first-order chi connectivity index (χ1) is 7.98. The highest BCUT2D eigenvalue weighted by molar-refractivity contribution is 5.76. The fourth-order valence-corrected chi connectivity index (χ4v) is 1.87. The SMILES string of the molecule is CC1(NC(=O)N2CCOC(CC(=O)O)C2)CC1. The second-order valence-corrected chi connectivity index (χ2v) is 5.03. The van der Waals surface area contributed by atoms with Crippen LogP contribution in [0.15, 0.2) is 0 Å². The topological polar surface area (TPSA) is 78.9 Å². The van der Waals surface area contributed by atoms with Crippen LogP contribution in [0.2, 0.25) is 0 Å². The predicted molar refractivity (Wildman–Crippen MR) is 59.7 cm³/mol. The third-order valence-corrected chi connectivity index (χ3v) is 3.24. The zero-order valence-electron chi connectivity index (χ0n) is 9.94. The molecule has 1 saturated carbocycles. The molecule has 2 N–H and O–H groups in total. The number of aliphatic carboxylic acids is 1. The Morgan fingerprint density at radius 2 is 2.24 bits per heavy atom. The number of carboxylic acid groups (broad SMARTS) is 1. The van der Waals surface area contributed by atoms with Crippen LogP contribution in [0.4, 0.5) is 4.79 Å². The zero-order chi connectivity index (χ0) is 12.5. The van der Waals surface area contributed by atoms with Crippen LogP contribution in [0.25, 0.3) is 0 Å². The predicted octanol–water partition coefficient (Wildman–Crippen LogP) is 0.424. The summed E-state index contributed by atoms with van der Waals surface area (Å²) in [5, 5.41) is 11.6. The lowest BCUT2D eigenvalue weighted by Crippen LogP contribution is -2.52. The molecule has 0 aromatic rings. The average molecular weight is 242 g/mol. The van der Waals surface area contributed by atoms with Crippen molar-refractivity contribution < 1.29 is 19.4 Å². The van der Waals surface area contributed by atoms with Crippen LogP contribution in [0.1, 0.15) is 26.2 Å². The van der Waals surface area contributed by atoms with Crippen molar-refractivity contribution in [3.8, 4) is 0 Å². The van der Waals surface area contributed by atoms with E-state index in [4.69, 9.17) is 9.84 Å². The van der Waals surface area contributed by atoms with Gasteiger partial charge in [0.2, 0.25) is 0 Å². The number of nitrogens with one attached hydrogen (secondary N) is 1. The summed E-state index contributed by atoms with van der Waals surface area (Å²) >= 11 is 0. The third kappa shape index (κ3) is 3.33. The maximum absolute atomic E-state index is 11.9. The Hall–Kier alpha value is -1.30. The number of carbonyl (C=O) groups excluding carboxylic acids is 1. The van der Waals surface area contributed by atoms with Gasteiger partial charge < -0.3 is 20.1 Å². The maximum atomic E-state index is 11.9. The second-order valence-electron chi connectivity index (χ2n) is 5.03. The van der Waals surface area contributed by atoms with Crippen LogP contribution in [-0.2, 0) is 9.53 Å². The van der Waals surface area contributed by atoms with Gasteiger partial charge in [-0.3, -0.25) is 4.79 Å². The van der Waals surface area contributed by atoms with Crippen LogP contribution >= 0.6 is 0 Å². The highest BCUT2D eigenvalue weighted by atomic mass is 16.5. The van der Waals surface area contributed by atoms with Crippen molar-refractivity contribution in [3.05, 3.63) is 0 Å². The molecule has 0 aromatic heterocycles. The number of ether oxygens (including phenoxy) is 1. The fourth-order valence-electron chi connectivity index (χ4n) is 1.87. The smallest absolute Gasteiger partial charge is 0.317 e. The Bertz CT molecular complexity index is 327. The van der Waals surface area contributed by atoms with Gasteiger partial charge in [0.05, 0.1) is 19.1 Å². The summed E-state index contributed by atoms with van der Waals surface area (Å²) in [6.07, 6.45) is 1.59. The lowest BCUT2D eigenvalue weighted by molar-refractivity contribution is -0.141. The highest BCUT2D eigenvalue weighted by Gasteiger charge is 2.40. The summed E-state index contributed by atoms with van der Waals surface area (Å²) in [4.78, 5) is 24.1. The molecule has 0 bridgehead atoms. The third-order valence-electron chi connectivity index (χ3n) is 3.24. The van der Waals surface area contributed by atoms with Gasteiger partial charge in [0, 0.05) is 18.6 Å². The Morgan fingerprint density at radius 3 is 2.82 bits per heavy atom. The molecule has 2 aliphatic rings. The summed E-state index contributed by atoms with van der Waals surface area (Å²) in [7, 11) is 0. The summed E-state index contributed by atoms with van der Waals surface area (Å²) in [6.45, 7) is 3.30. The molecular formula is C11H18N2O4. The van der Waals surface area contributed by atoms with Gasteiger partial charge in [0.25, 0.3) is 0 Å². The first kappa shape index (κ1) is 12.2. The standard InChI is InChI=1S/C11H18N2O4/c1-11(2-3-11)12-10(16)13-4-5-17-8(7-13)6-9(14)15/h8H,2-7H2,1H3,(H,12,16)(H,14,15). The molecule has 2 fully saturated rings. The van der Waals surface area contributed by atoms with E-state index in [1.54, 1.807) is 4.90 Å². The number of hydrogen-bond donors (Lipinski definition) is 2. The van der Waals surface area contributed by atoms with Crippen LogP contribution in [0.5, 0.6) is 0 Å². The lowest BCUT2D eigenvalue weighted by atomic mass is 10.2. The number of amides is 2. The van der Waals surface area contributed by atoms with Gasteiger partial charge in [-0.05, 0) is 19.8 Å². The van der Waals surface area contributed by atoms with Crippen molar-refractivity contribution in [2.24, 2.45) is 0 Å². The molecule has 0 aromatic carbocycles. The normalized spacial score (nSPS) is 26.4. The van der Waals surface area contributed by atoms with Crippen LogP contribution in [-0.4, -0.2) is 53.3 Å². The monoisotopic (exact) mass is 242 g/mol. The van der Waals surface area contributed by atoms with Crippen molar-refractivity contribution in [2.75, 3.05) is 19.7 Å². The van der Waals surface area contributed by atoms with Gasteiger partial charge in [0.1, 0.15) is 0 Å². The van der Waals surface area contributed by atoms with E-state index in [-0.39, 0.29) is 24.1 Å². The molecule has 0 spiro atoms. The molecule has 6 nitrogen and oxygen atoms in total. The van der Waals surface area contributed by atoms with E-state index in [9.17, 15) is 9.59 Å². The number of morpholine rings is 1. The van der Waals surface area contributed by atoms with Crippen LogP contribution < -0.4 is 5.32 Å². The Balaban J connectivity index is 1.83. The summed E-state index contributed by atoms with van der Waals surface area (Å²) in [5.74, 6) is -0.897. The molecule has 0 radical (unpaired) electrons. The van der Waals surface area contributed by atoms with E-state index < -0.39 is 5.97 Å². The largest absolute Gasteiger partial charge is 0.481 e. The summed E-state index contributed by atoms with van der Waals surface area (Å²) in [5.41, 5.74) is -0.0440. The number of carboxylic acids is 1. The lowest BCUT2D eigenvalue weighted by Gasteiger charge is -2.33. The maximum Gasteiger partial charge on any atom is 0.317 e. The van der Waals surface area contributed by atoms with Gasteiger partial charge in [-0.2, -0.15) is 0 Å². The number of hydrogen-bond acceptors (Lipinski definition) is 3. The summed E-state index contributed by atoms with van der Waals surface area (Å²) < 4.78 is 5.31. The zero-order valence-corrected chi connectivity index (χ0v) is 9.94. The molecule has 6 heteroatoms. The second kappa shape index (κ2) is 4.52. The van der Waals surface area contributed by atoms with E-state index in [0.29, 0.717) is 19.7 Å². The van der Waals surface area contributed by atoms with Gasteiger partial charge >= 0.3 is 12.0 Å². The van der Waals surface area contributed by atoms with E-state index in [2.05, 4.69) is 5.32 Å². The van der Waals surface area contributed by atoms with Gasteiger partial charge in [0.15, 0.2) is 0 Å². The van der Waals surface area contributed by atoms with Crippen LogP contribution in [0, 0.1) is 0 Å². The van der Waals surface area contributed by atoms with E-state index >= 15 is 0 Å². The van der Waals surface area contributed by atoms with Crippen LogP contribution in [0.3, 0.4) is 0 Å². The van der Waals surface area contributed by atoms with Crippen molar-refractivity contribution in [1.29, 1.82) is 0 Å². The highest BCUT2D eigenvalue weighted by Crippen LogP contribution is 2.34. The molecule has 1 aliphatic carbocycles. The van der Waals surface area contributed by atoms with Crippen molar-refractivity contribution in [3.63, 3.8) is 0 Å². The molecule has 17 heavy (non-hydrogen) atoms. The minimum atomic E-state index is -0.897. The van der Waals surface area contributed by atoms with Crippen molar-refractivity contribution >= 4 is 12.0 Å². The van der Waals surface area contributed by atoms with Crippen molar-refractivity contribution in [1.82, 2.24) is 10.2 Å². The van der Waals surface area contributed by atoms with Crippen molar-refractivity contribution in [2.45, 2.75) is 37.8 Å². The molecule has 1 saturated heterocycles. The molecule has 96 valence electrons. The minimum absolute atomic E-state index is 0.0440. The number of carbonyl (C=O) groups is 2. The molecular weight excluding hydrogens is 224 g/mol. The molecule has 1 unspecified atom stereocenters. The Morgan fingerprint density at radius 1 is 1.53 bits per heavy atom. The molecule has 2 amide bonds. The fraction of sp³-hybridized carbons (Fsp3) is 0.818. The quantitative estimate of drug-likeness (QED) is 0.752. The Labute approximate surface area is 99.9 Å². The molecule has 2 rings (SSSR count). The number of nitrogens with zero attached hydrogens (tertiary/aromatic N) is 1. The Kier molecular flexibility index (Phi) is 3.24. The van der Waals surface area contributed by atoms with Gasteiger partial charge in [-0.25, -0.2) is 4.79 Å². The minimum Gasteiger partial charge on any atom is -0.481 e. The van der Waals surface area contributed by atoms with E-state index in [1.807, 2.05) is 6.92 Å². The average Bonchev–Trinajstić information content (AvgIpc) is 2.95. The van der Waals surface area contributed by atoms with E-state index in [0.717, 1.165) is 12.8 Å². The van der Waals surface area contributed by atoms with Gasteiger partial charge in [-0.15, -0.1) is 0 Å². The molecule has 1 atom stereocenters. The van der Waals surface area contributed by atoms with E-state index in [1.165, 1.54) is 0 Å². The first-order valence-corrected chi connectivity index (χ1v) is 5.89. The summed E-state index contributed by atoms with van der Waals surface area (Å²) in [6, 6.07) is -0.108. The molecule has 1 heterocycles. The number of urea groups is 1. The molecule has 1 aliphatic heterocycles. The van der Waals surface area contributed by atoms with Gasteiger partial charge in [-0.1, -0.05) is 0 Å². The number of rotatable bonds is 3. The first-order valence-electron chi connectivity index (χ1n) is 5.89.